The topological polar surface area (TPSA) is 77.2 Å². The maximum absolute atomic E-state index is 12.2. The standard InChI is InChI=1S/C21H19N3O3/c1-2-27-21(26)19-22-16(13-25)18-15-10-6-7-11-17(15)24(20(18)23-19)12-14-8-4-3-5-9-14/h3-11,25H,2,12-13H2,1H3. The normalized spacial score (nSPS) is 11.2. The van der Waals surface area contributed by atoms with Crippen LogP contribution < -0.4 is 0 Å². The van der Waals surface area contributed by atoms with E-state index in [9.17, 15) is 9.90 Å². The Balaban J connectivity index is 2.01. The molecule has 2 heterocycles. The van der Waals surface area contributed by atoms with E-state index >= 15 is 0 Å². The van der Waals surface area contributed by atoms with E-state index in [1.807, 2.05) is 59.2 Å². The largest absolute Gasteiger partial charge is 0.460 e. The fraction of sp³-hybridized carbons (Fsp3) is 0.190. The van der Waals surface area contributed by atoms with Crippen LogP contribution in [0.4, 0.5) is 0 Å². The first-order valence-corrected chi connectivity index (χ1v) is 8.82. The van der Waals surface area contributed by atoms with Crippen molar-refractivity contribution in [2.45, 2.75) is 20.1 Å². The molecule has 0 saturated heterocycles. The van der Waals surface area contributed by atoms with Gasteiger partial charge < -0.3 is 14.4 Å². The molecule has 4 aromatic rings. The van der Waals surface area contributed by atoms with Crippen molar-refractivity contribution in [2.75, 3.05) is 6.61 Å². The molecule has 0 radical (unpaired) electrons. The van der Waals surface area contributed by atoms with E-state index in [1.54, 1.807) is 6.92 Å². The number of rotatable bonds is 5. The van der Waals surface area contributed by atoms with E-state index in [4.69, 9.17) is 4.74 Å². The molecule has 2 aromatic heterocycles. The zero-order valence-corrected chi connectivity index (χ0v) is 14.9. The van der Waals surface area contributed by atoms with Crippen LogP contribution in [0.25, 0.3) is 21.9 Å². The highest BCUT2D eigenvalue weighted by Gasteiger charge is 2.21. The van der Waals surface area contributed by atoms with Gasteiger partial charge in [0, 0.05) is 11.9 Å². The first kappa shape index (κ1) is 17.2. The van der Waals surface area contributed by atoms with Gasteiger partial charge in [0.1, 0.15) is 5.65 Å². The summed E-state index contributed by atoms with van der Waals surface area (Å²) in [7, 11) is 0. The Morgan fingerprint density at radius 1 is 1.07 bits per heavy atom. The van der Waals surface area contributed by atoms with E-state index < -0.39 is 5.97 Å². The van der Waals surface area contributed by atoms with Crippen LogP contribution in [0.1, 0.15) is 28.8 Å². The average molecular weight is 361 g/mol. The minimum absolute atomic E-state index is 0.0366. The van der Waals surface area contributed by atoms with E-state index in [1.165, 1.54) is 0 Å². The summed E-state index contributed by atoms with van der Waals surface area (Å²) in [6.45, 7) is 2.28. The number of benzene rings is 2. The lowest BCUT2D eigenvalue weighted by Crippen LogP contribution is -2.13. The van der Waals surface area contributed by atoms with E-state index in [-0.39, 0.29) is 19.0 Å². The molecule has 0 amide bonds. The predicted octanol–water partition coefficient (Wildman–Crippen LogP) is 3.30. The number of fused-ring (bicyclic) bond motifs is 3. The Hall–Kier alpha value is -3.25. The maximum atomic E-state index is 12.2. The molecule has 0 aliphatic rings. The molecule has 6 heteroatoms. The van der Waals surface area contributed by atoms with E-state index in [0.29, 0.717) is 17.9 Å². The summed E-state index contributed by atoms with van der Waals surface area (Å²) >= 11 is 0. The zero-order chi connectivity index (χ0) is 18.8. The van der Waals surface area contributed by atoms with Crippen LogP contribution in [-0.4, -0.2) is 32.2 Å². The van der Waals surface area contributed by atoms with Gasteiger partial charge in [0.2, 0.25) is 5.82 Å². The van der Waals surface area contributed by atoms with Gasteiger partial charge in [-0.1, -0.05) is 48.5 Å². The van der Waals surface area contributed by atoms with Crippen molar-refractivity contribution in [1.29, 1.82) is 0 Å². The molecule has 0 spiro atoms. The van der Waals surface area contributed by atoms with Gasteiger partial charge in [-0.3, -0.25) is 0 Å². The monoisotopic (exact) mass is 361 g/mol. The molecule has 0 aliphatic carbocycles. The van der Waals surface area contributed by atoms with Crippen molar-refractivity contribution in [2.24, 2.45) is 0 Å². The SMILES string of the molecule is CCOC(=O)c1nc(CO)c2c3ccccc3n(Cc3ccccc3)c2n1. The first-order chi connectivity index (χ1) is 13.2. The van der Waals surface area contributed by atoms with Crippen molar-refractivity contribution in [1.82, 2.24) is 14.5 Å². The summed E-state index contributed by atoms with van der Waals surface area (Å²) in [6, 6.07) is 17.9. The molecule has 2 aromatic carbocycles. The number of aromatic nitrogens is 3. The van der Waals surface area contributed by atoms with E-state index in [2.05, 4.69) is 9.97 Å². The number of esters is 1. The minimum atomic E-state index is -0.592. The average Bonchev–Trinajstić information content (AvgIpc) is 3.02. The third kappa shape index (κ3) is 3.04. The highest BCUT2D eigenvalue weighted by molar-refractivity contribution is 6.08. The quantitative estimate of drug-likeness (QED) is 0.552. The molecular weight excluding hydrogens is 342 g/mol. The third-order valence-electron chi connectivity index (χ3n) is 4.48. The van der Waals surface area contributed by atoms with Gasteiger partial charge >= 0.3 is 5.97 Å². The van der Waals surface area contributed by atoms with Crippen LogP contribution >= 0.6 is 0 Å². The van der Waals surface area contributed by atoms with Crippen LogP contribution in [0.15, 0.2) is 54.6 Å². The number of nitrogens with zero attached hydrogens (tertiary/aromatic N) is 3. The van der Waals surface area contributed by atoms with Gasteiger partial charge in [-0.15, -0.1) is 0 Å². The van der Waals surface area contributed by atoms with Crippen molar-refractivity contribution in [3.05, 3.63) is 71.7 Å². The summed E-state index contributed by atoms with van der Waals surface area (Å²) in [5, 5.41) is 11.6. The molecular formula is C21H19N3O3. The summed E-state index contributed by atoms with van der Waals surface area (Å²) in [5.74, 6) is -0.629. The van der Waals surface area contributed by atoms with Gasteiger partial charge in [-0.25, -0.2) is 14.8 Å². The minimum Gasteiger partial charge on any atom is -0.460 e. The molecule has 0 saturated carbocycles. The van der Waals surface area contributed by atoms with E-state index in [0.717, 1.165) is 21.9 Å². The molecule has 0 unspecified atom stereocenters. The molecule has 0 fully saturated rings. The number of hydrogen-bond donors (Lipinski definition) is 1. The van der Waals surface area contributed by atoms with Gasteiger partial charge in [0.15, 0.2) is 0 Å². The molecule has 27 heavy (non-hydrogen) atoms. The van der Waals surface area contributed by atoms with Crippen molar-refractivity contribution in [3.8, 4) is 0 Å². The lowest BCUT2D eigenvalue weighted by molar-refractivity contribution is 0.0511. The summed E-state index contributed by atoms with van der Waals surface area (Å²) < 4.78 is 7.10. The van der Waals surface area contributed by atoms with Crippen LogP contribution in [0.5, 0.6) is 0 Å². The number of ether oxygens (including phenoxy) is 1. The molecule has 136 valence electrons. The smallest absolute Gasteiger partial charge is 0.376 e. The Kier molecular flexibility index (Phi) is 4.56. The summed E-state index contributed by atoms with van der Waals surface area (Å²) in [6.07, 6.45) is 0. The van der Waals surface area contributed by atoms with Crippen molar-refractivity contribution < 1.29 is 14.6 Å². The highest BCUT2D eigenvalue weighted by Crippen LogP contribution is 2.30. The fourth-order valence-corrected chi connectivity index (χ4v) is 3.33. The van der Waals surface area contributed by atoms with Crippen molar-refractivity contribution in [3.63, 3.8) is 0 Å². The zero-order valence-electron chi connectivity index (χ0n) is 14.9. The Morgan fingerprint density at radius 2 is 1.81 bits per heavy atom. The van der Waals surface area contributed by atoms with Crippen LogP contribution in [-0.2, 0) is 17.9 Å². The van der Waals surface area contributed by atoms with Gasteiger partial charge in [-0.2, -0.15) is 0 Å². The maximum Gasteiger partial charge on any atom is 0.376 e. The molecule has 4 rings (SSSR count). The molecule has 0 aliphatic heterocycles. The second-order valence-corrected chi connectivity index (χ2v) is 6.16. The van der Waals surface area contributed by atoms with Crippen LogP contribution in [0.3, 0.4) is 0 Å². The molecule has 0 bridgehead atoms. The molecule has 1 N–H and O–H groups in total. The third-order valence-corrected chi connectivity index (χ3v) is 4.48. The molecule has 6 nitrogen and oxygen atoms in total. The first-order valence-electron chi connectivity index (χ1n) is 8.82. The van der Waals surface area contributed by atoms with Gasteiger partial charge in [-0.05, 0) is 18.6 Å². The molecule has 0 atom stereocenters. The number of carbonyl (C=O) groups excluding carboxylic acids is 1. The van der Waals surface area contributed by atoms with Crippen LogP contribution in [0.2, 0.25) is 0 Å². The lowest BCUT2D eigenvalue weighted by Gasteiger charge is -2.08. The second-order valence-electron chi connectivity index (χ2n) is 6.16. The summed E-state index contributed by atoms with van der Waals surface area (Å²) in [4.78, 5) is 21.0. The Morgan fingerprint density at radius 3 is 2.56 bits per heavy atom. The number of hydrogen-bond acceptors (Lipinski definition) is 5. The Labute approximate surface area is 156 Å². The Bertz CT molecular complexity index is 1120. The van der Waals surface area contributed by atoms with Crippen molar-refractivity contribution >= 4 is 27.9 Å². The number of aliphatic hydroxyl groups is 1. The second kappa shape index (κ2) is 7.17. The lowest BCUT2D eigenvalue weighted by atomic mass is 10.1. The number of carbonyl (C=O) groups is 1. The van der Waals surface area contributed by atoms with Gasteiger partial charge in [0.25, 0.3) is 0 Å². The van der Waals surface area contributed by atoms with Gasteiger partial charge in [0.05, 0.1) is 29.8 Å². The van der Waals surface area contributed by atoms with Crippen LogP contribution in [0, 0.1) is 0 Å². The summed E-state index contributed by atoms with van der Waals surface area (Å²) in [5.41, 5.74) is 3.12. The number of aliphatic hydroxyl groups excluding tert-OH is 1. The number of para-hydroxylation sites is 1. The fourth-order valence-electron chi connectivity index (χ4n) is 3.33. The predicted molar refractivity (Wildman–Crippen MR) is 102 cm³/mol. The highest BCUT2D eigenvalue weighted by atomic mass is 16.5.